The van der Waals surface area contributed by atoms with Gasteiger partial charge in [-0.1, -0.05) is 32.9 Å². The lowest BCUT2D eigenvalue weighted by molar-refractivity contribution is -0.131. The molecule has 0 saturated carbocycles. The first-order valence-corrected chi connectivity index (χ1v) is 19.2. The van der Waals surface area contributed by atoms with Crippen LogP contribution >= 0.6 is 55.5 Å². The molecule has 0 rings (SSSR count). The quantitative estimate of drug-likeness (QED) is 0.0506. The Balaban J connectivity index is -0.000000639. The minimum Gasteiger partial charge on any atom is -0.364 e. The number of amides is 1. The molecular formula is C27H57N10O3PS5. The zero-order valence-electron chi connectivity index (χ0n) is 28.6. The number of hydrogen-bond donors (Lipinski definition) is 8. The van der Waals surface area contributed by atoms with Crippen LogP contribution < -0.4 is 43.0 Å². The molecule has 0 aromatic carbocycles. The maximum absolute atomic E-state index is 12.5. The summed E-state index contributed by atoms with van der Waals surface area (Å²) in [7, 11) is 3.44. The van der Waals surface area contributed by atoms with Crippen molar-refractivity contribution in [3.8, 4) is 0 Å². The van der Waals surface area contributed by atoms with Gasteiger partial charge in [-0.3, -0.25) is 26.5 Å². The van der Waals surface area contributed by atoms with Crippen molar-refractivity contribution in [1.29, 1.82) is 0 Å². The second-order valence-corrected chi connectivity index (χ2v) is 13.9. The first kappa shape index (κ1) is 48.6. The highest BCUT2D eigenvalue weighted by Crippen LogP contribution is 2.51. The van der Waals surface area contributed by atoms with E-state index >= 15 is 0 Å². The predicted molar refractivity (Wildman–Crippen MR) is 214 cm³/mol. The second kappa shape index (κ2) is 31.8. The van der Waals surface area contributed by atoms with Crippen LogP contribution in [0.4, 0.5) is 0 Å². The van der Waals surface area contributed by atoms with Crippen molar-refractivity contribution in [2.75, 3.05) is 60.0 Å². The van der Waals surface area contributed by atoms with E-state index in [-0.39, 0.29) is 18.5 Å². The Hall–Kier alpha value is -1.76. The van der Waals surface area contributed by atoms with Gasteiger partial charge >= 0.3 is 0 Å². The summed E-state index contributed by atoms with van der Waals surface area (Å²) < 4.78 is 13.2. The molecule has 1 atom stereocenters. The molecule has 0 aliphatic carbocycles. The van der Waals surface area contributed by atoms with Crippen LogP contribution in [0.1, 0.15) is 54.4 Å². The lowest BCUT2D eigenvalue weighted by atomic mass is 10.3. The molecule has 0 aliphatic heterocycles. The molecule has 1 unspecified atom stereocenters. The second-order valence-electron chi connectivity index (χ2n) is 8.82. The lowest BCUT2D eigenvalue weighted by Gasteiger charge is -2.33. The van der Waals surface area contributed by atoms with Crippen LogP contribution in [0.25, 0.3) is 0 Å². The maximum atomic E-state index is 12.5. The first-order valence-electron chi connectivity index (χ1n) is 15.0. The number of likely N-dealkylation sites (N-methyl/N-ethyl adjacent to an activating group) is 1. The van der Waals surface area contributed by atoms with Gasteiger partial charge in [0.05, 0.1) is 19.8 Å². The lowest BCUT2D eigenvalue weighted by Crippen LogP contribution is -2.50. The van der Waals surface area contributed by atoms with Crippen LogP contribution in [0, 0.1) is 0 Å². The predicted octanol–water partition coefficient (Wildman–Crippen LogP) is 2.93. The Labute approximate surface area is 304 Å². The van der Waals surface area contributed by atoms with Gasteiger partial charge in [0.1, 0.15) is 0 Å². The summed E-state index contributed by atoms with van der Waals surface area (Å²) in [6.45, 7) is 20.6. The SMILES string of the molecule is C=CC(C)NC(=S)NNC(=S)NC.C=CCNC(=S)NNC(=S)NC.CCCN(CCC)C(=O)CN(CC)P(=S)(OCC)OCC. The fourth-order valence-electron chi connectivity index (χ4n) is 2.92. The van der Waals surface area contributed by atoms with Gasteiger partial charge in [0.2, 0.25) is 5.91 Å². The van der Waals surface area contributed by atoms with E-state index in [0.29, 0.717) is 46.8 Å². The average Bonchev–Trinajstić information content (AvgIpc) is 3.04. The molecule has 0 aromatic heterocycles. The molecule has 8 N–H and O–H groups in total. The third-order valence-corrected chi connectivity index (χ3v) is 9.80. The summed E-state index contributed by atoms with van der Waals surface area (Å²) in [5.41, 5.74) is 10.8. The minimum absolute atomic E-state index is 0.106. The molecule has 1 amide bonds. The number of rotatable bonds is 16. The molecule has 13 nitrogen and oxygen atoms in total. The summed E-state index contributed by atoms with van der Waals surface area (Å²) >= 11 is 25.0. The zero-order valence-corrected chi connectivity index (χ0v) is 33.6. The molecule has 0 aromatic rings. The van der Waals surface area contributed by atoms with E-state index < -0.39 is 6.64 Å². The Morgan fingerprint density at radius 3 is 1.65 bits per heavy atom. The van der Waals surface area contributed by atoms with Crippen molar-refractivity contribution < 1.29 is 13.8 Å². The third-order valence-electron chi connectivity index (χ3n) is 5.11. The Morgan fingerprint density at radius 2 is 1.28 bits per heavy atom. The van der Waals surface area contributed by atoms with Gasteiger partial charge in [0, 0.05) is 46.3 Å². The summed E-state index contributed by atoms with van der Waals surface area (Å²) in [6.07, 6.45) is 5.39. The Morgan fingerprint density at radius 1 is 0.826 bits per heavy atom. The number of carbonyl (C=O) groups excluding carboxylic acids is 1. The zero-order chi connectivity index (χ0) is 36.0. The maximum Gasteiger partial charge on any atom is 0.264 e. The molecule has 0 bridgehead atoms. The van der Waals surface area contributed by atoms with Gasteiger partial charge in [0.15, 0.2) is 20.4 Å². The number of carbonyl (C=O) groups is 1. The van der Waals surface area contributed by atoms with E-state index in [4.69, 9.17) is 69.7 Å². The van der Waals surface area contributed by atoms with Gasteiger partial charge in [-0.2, -0.15) is 0 Å². The van der Waals surface area contributed by atoms with Gasteiger partial charge in [-0.05, 0) is 94.3 Å². The van der Waals surface area contributed by atoms with E-state index in [1.165, 1.54) is 0 Å². The summed E-state index contributed by atoms with van der Waals surface area (Å²) in [4.78, 5) is 14.4. The number of nitrogens with zero attached hydrogens (tertiary/aromatic N) is 2. The van der Waals surface area contributed by atoms with Crippen LogP contribution in [0.2, 0.25) is 0 Å². The van der Waals surface area contributed by atoms with E-state index in [1.807, 2.05) is 37.3 Å². The van der Waals surface area contributed by atoms with Crippen LogP contribution in [0.5, 0.6) is 0 Å². The van der Waals surface area contributed by atoms with Crippen molar-refractivity contribution in [1.82, 2.24) is 52.5 Å². The van der Waals surface area contributed by atoms with Crippen molar-refractivity contribution >= 4 is 93.7 Å². The van der Waals surface area contributed by atoms with Crippen LogP contribution in [0.15, 0.2) is 25.3 Å². The van der Waals surface area contributed by atoms with Gasteiger partial charge in [-0.25, -0.2) is 4.67 Å². The standard InChI is InChI=1S/C14H31N2O3PS.C7H14N4S2.C6H12N4S2/c1-6-11-15(12-7-2)14(17)13-16(8-3)20(21,18-9-4)19-10-5;1-4-5(2)9-7(13)11-10-6(12)8-3;1-3-4-8-6(12)10-9-5(11)7-2/h6-13H2,1-5H3;4-5H,1H2,2-3H3,(H2,8,10,12)(H2,9,11,13);3H,1,4H2,2H3,(H2,7,9,11)(H2,8,10,12). The molecule has 268 valence electrons. The summed E-state index contributed by atoms with van der Waals surface area (Å²) in [5.74, 6) is 0.106. The Bertz CT molecular complexity index is 949. The van der Waals surface area contributed by atoms with Crippen molar-refractivity contribution in [2.45, 2.75) is 60.4 Å². The highest BCUT2D eigenvalue weighted by molar-refractivity contribution is 8.08. The average molecular weight is 761 g/mol. The molecule has 19 heteroatoms. The molecular weight excluding hydrogens is 704 g/mol. The number of thiocarbonyl (C=S) groups is 4. The highest BCUT2D eigenvalue weighted by atomic mass is 32.5. The topological polar surface area (TPSA) is 138 Å². The van der Waals surface area contributed by atoms with Gasteiger partial charge in [0.25, 0.3) is 6.64 Å². The minimum atomic E-state index is -2.54. The van der Waals surface area contributed by atoms with Crippen molar-refractivity contribution in [3.05, 3.63) is 25.3 Å². The van der Waals surface area contributed by atoms with E-state index in [9.17, 15) is 4.79 Å². The van der Waals surface area contributed by atoms with Crippen molar-refractivity contribution in [3.63, 3.8) is 0 Å². The van der Waals surface area contributed by atoms with Gasteiger partial charge in [-0.15, -0.1) is 13.2 Å². The van der Waals surface area contributed by atoms with Crippen molar-refractivity contribution in [2.24, 2.45) is 0 Å². The molecule has 0 spiro atoms. The molecule has 0 radical (unpaired) electrons. The number of hydrazine groups is 2. The number of nitrogens with one attached hydrogen (secondary N) is 8. The Kier molecular flexibility index (Phi) is 33.6. The van der Waals surface area contributed by atoms with Gasteiger partial charge < -0.3 is 35.2 Å². The van der Waals surface area contributed by atoms with Crippen LogP contribution in [-0.4, -0.2) is 102 Å². The fourth-order valence-corrected chi connectivity index (χ4v) is 6.24. The fraction of sp³-hybridized carbons (Fsp3) is 0.667. The van der Waals surface area contributed by atoms with E-state index in [0.717, 1.165) is 25.9 Å². The molecule has 0 saturated heterocycles. The molecule has 0 aliphatic rings. The summed E-state index contributed by atoms with van der Waals surface area (Å²) in [5, 5.41) is 13.2. The number of hydrogen-bond acceptors (Lipinski definition) is 8. The molecule has 46 heavy (non-hydrogen) atoms. The third kappa shape index (κ3) is 26.3. The normalized spacial score (nSPS) is 10.6. The van der Waals surface area contributed by atoms with E-state index in [2.05, 4.69) is 70.0 Å². The van der Waals surface area contributed by atoms with E-state index in [1.54, 1.807) is 26.2 Å². The molecule has 0 fully saturated rings. The smallest absolute Gasteiger partial charge is 0.264 e. The van der Waals surface area contributed by atoms with Crippen LogP contribution in [-0.2, 0) is 25.6 Å². The summed E-state index contributed by atoms with van der Waals surface area (Å²) in [6, 6.07) is 0.130. The highest BCUT2D eigenvalue weighted by Gasteiger charge is 2.29. The monoisotopic (exact) mass is 760 g/mol. The van der Waals surface area contributed by atoms with Crippen LogP contribution in [0.3, 0.4) is 0 Å². The molecule has 0 heterocycles. The first-order chi connectivity index (χ1) is 21.8. The largest absolute Gasteiger partial charge is 0.364 e.